The maximum Gasteiger partial charge on any atom is 0.199 e. The van der Waals surface area contributed by atoms with Crippen molar-refractivity contribution in [2.45, 2.75) is 97.2 Å². The Kier molecular flexibility index (Phi) is 4.25. The first-order chi connectivity index (χ1) is 16.1. The van der Waals surface area contributed by atoms with E-state index in [1.54, 1.807) is 12.2 Å². The minimum Gasteiger partial charge on any atom is -0.387 e. The van der Waals surface area contributed by atoms with E-state index >= 15 is 0 Å². The predicted octanol–water partition coefficient (Wildman–Crippen LogP) is 4.01. The van der Waals surface area contributed by atoms with Crippen LogP contribution in [0.15, 0.2) is 34.9 Å². The van der Waals surface area contributed by atoms with Gasteiger partial charge < -0.3 is 14.6 Å². The van der Waals surface area contributed by atoms with Gasteiger partial charge in [0.1, 0.15) is 11.7 Å². The Balaban J connectivity index is 1.63. The lowest BCUT2D eigenvalue weighted by molar-refractivity contribution is -0.383. The van der Waals surface area contributed by atoms with Crippen LogP contribution >= 0.6 is 0 Å². The van der Waals surface area contributed by atoms with Gasteiger partial charge in [-0.2, -0.15) is 0 Å². The first-order valence-electron chi connectivity index (χ1n) is 13.0. The molecule has 6 aliphatic rings. The largest absolute Gasteiger partial charge is 0.387 e. The van der Waals surface area contributed by atoms with Gasteiger partial charge in [-0.1, -0.05) is 27.7 Å². The Morgan fingerprint density at radius 1 is 0.857 bits per heavy atom. The third-order valence-electron chi connectivity index (χ3n) is 11.6. The standard InChI is InChI=1S/C29H36O6/c1-15-23(33)29(34-24(15,3)4)16(2)26(6)10-11-28(35-29)19-13-21(31)20-12-17(30)8-9-25(20,5)18(19)14-22(32)27(26,28)7/h12-16,23,33H,8-11H2,1-7H3/t15-,16-,23+,25?,26+,27+,28-,29-/m0/s1. The third kappa shape index (κ3) is 2.28. The molecule has 8 atom stereocenters. The van der Waals surface area contributed by atoms with E-state index in [4.69, 9.17) is 9.47 Å². The average Bonchev–Trinajstić information content (AvgIpc) is 3.08. The molecule has 1 spiro atoms. The zero-order valence-electron chi connectivity index (χ0n) is 21.8. The zero-order chi connectivity index (χ0) is 25.6. The second-order valence-electron chi connectivity index (χ2n) is 13.1. The van der Waals surface area contributed by atoms with Crippen molar-refractivity contribution >= 4 is 17.3 Å². The van der Waals surface area contributed by atoms with E-state index in [1.165, 1.54) is 6.08 Å². The molecule has 3 fully saturated rings. The van der Waals surface area contributed by atoms with Crippen LogP contribution in [0, 0.1) is 28.1 Å². The molecule has 6 nitrogen and oxygen atoms in total. The molecule has 0 aromatic rings. The van der Waals surface area contributed by atoms with Crippen molar-refractivity contribution in [1.82, 2.24) is 0 Å². The summed E-state index contributed by atoms with van der Waals surface area (Å²) in [5.41, 5.74) is -1.88. The van der Waals surface area contributed by atoms with E-state index in [-0.39, 0.29) is 29.2 Å². The van der Waals surface area contributed by atoms with Crippen LogP contribution in [-0.2, 0) is 23.9 Å². The van der Waals surface area contributed by atoms with Crippen molar-refractivity contribution in [2.24, 2.45) is 28.1 Å². The van der Waals surface area contributed by atoms with Crippen molar-refractivity contribution in [3.8, 4) is 0 Å². The van der Waals surface area contributed by atoms with Gasteiger partial charge in [-0.25, -0.2) is 0 Å². The van der Waals surface area contributed by atoms with Crippen LogP contribution in [0.1, 0.15) is 74.1 Å². The fraction of sp³-hybridized carbons (Fsp3) is 0.690. The van der Waals surface area contributed by atoms with Crippen LogP contribution in [0.3, 0.4) is 0 Å². The molecule has 2 saturated heterocycles. The number of hydrogen-bond donors (Lipinski definition) is 1. The van der Waals surface area contributed by atoms with Gasteiger partial charge in [-0.3, -0.25) is 14.4 Å². The molecule has 0 aromatic carbocycles. The summed E-state index contributed by atoms with van der Waals surface area (Å²) < 4.78 is 13.8. The topological polar surface area (TPSA) is 89.9 Å². The number of allylic oxidation sites excluding steroid dienone is 4. The van der Waals surface area contributed by atoms with Crippen LogP contribution in [0.5, 0.6) is 0 Å². The molecule has 4 aliphatic carbocycles. The average molecular weight is 481 g/mol. The molecule has 2 heterocycles. The Morgan fingerprint density at radius 3 is 2.17 bits per heavy atom. The van der Waals surface area contributed by atoms with Gasteiger partial charge in [-0.05, 0) is 74.8 Å². The molecule has 35 heavy (non-hydrogen) atoms. The lowest BCUT2D eigenvalue weighted by atomic mass is 9.46. The Hall–Kier alpha value is -1.89. The van der Waals surface area contributed by atoms with Gasteiger partial charge in [0.05, 0.1) is 11.0 Å². The highest BCUT2D eigenvalue weighted by molar-refractivity contribution is 6.15. The summed E-state index contributed by atoms with van der Waals surface area (Å²) in [5, 5.41) is 11.6. The fourth-order valence-corrected chi connectivity index (χ4v) is 8.62. The number of rotatable bonds is 0. The summed E-state index contributed by atoms with van der Waals surface area (Å²) in [6, 6.07) is 0. The van der Waals surface area contributed by atoms with Crippen LogP contribution in [0.2, 0.25) is 0 Å². The van der Waals surface area contributed by atoms with Gasteiger partial charge in [0.2, 0.25) is 0 Å². The van der Waals surface area contributed by atoms with E-state index in [9.17, 15) is 19.5 Å². The molecule has 2 bridgehead atoms. The van der Waals surface area contributed by atoms with Crippen molar-refractivity contribution in [2.75, 3.05) is 0 Å². The highest BCUT2D eigenvalue weighted by Crippen LogP contribution is 2.76. The molecular weight excluding hydrogens is 444 g/mol. The van der Waals surface area contributed by atoms with Gasteiger partial charge in [0.25, 0.3) is 0 Å². The maximum absolute atomic E-state index is 14.2. The lowest BCUT2D eigenvalue weighted by Crippen LogP contribution is -2.73. The molecule has 6 rings (SSSR count). The summed E-state index contributed by atoms with van der Waals surface area (Å²) in [6.45, 7) is 14.0. The molecule has 1 N–H and O–H groups in total. The number of aliphatic hydroxyl groups excluding tert-OH is 1. The first-order valence-corrected chi connectivity index (χ1v) is 13.0. The summed E-state index contributed by atoms with van der Waals surface area (Å²) in [5.74, 6) is -1.97. The first kappa shape index (κ1) is 23.5. The van der Waals surface area contributed by atoms with Crippen LogP contribution in [0.4, 0.5) is 0 Å². The second kappa shape index (κ2) is 6.32. The molecule has 6 heteroatoms. The van der Waals surface area contributed by atoms with Crippen LogP contribution < -0.4 is 0 Å². The molecule has 1 unspecified atom stereocenters. The summed E-state index contributed by atoms with van der Waals surface area (Å²) >= 11 is 0. The van der Waals surface area contributed by atoms with E-state index in [1.807, 2.05) is 41.5 Å². The van der Waals surface area contributed by atoms with E-state index in [0.717, 1.165) is 11.1 Å². The molecule has 2 aliphatic heterocycles. The van der Waals surface area contributed by atoms with Gasteiger partial charge in [0, 0.05) is 29.2 Å². The Bertz CT molecular complexity index is 1210. The highest BCUT2D eigenvalue weighted by Gasteiger charge is 2.82. The van der Waals surface area contributed by atoms with Crippen molar-refractivity contribution in [3.05, 3.63) is 34.9 Å². The smallest absolute Gasteiger partial charge is 0.199 e. The monoisotopic (exact) mass is 480 g/mol. The van der Waals surface area contributed by atoms with E-state index in [0.29, 0.717) is 31.3 Å². The van der Waals surface area contributed by atoms with Crippen molar-refractivity contribution < 1.29 is 29.0 Å². The molecular formula is C29H36O6. The number of fused-ring (bicyclic) bond motifs is 3. The SMILES string of the molecule is C[C@@H]1[C@]2(OC(C)(C)[C@@H](C)[C@H]2O)O[C@]23CC[C@@]1(C)[C@@]2(C)C(=O)C=C1C3=CC(=O)C2=CC(=O)CCC21C. The lowest BCUT2D eigenvalue weighted by Gasteiger charge is -2.65. The zero-order valence-corrected chi connectivity index (χ0v) is 21.8. The molecule has 0 aromatic heterocycles. The van der Waals surface area contributed by atoms with Crippen LogP contribution in [-0.4, -0.2) is 45.5 Å². The van der Waals surface area contributed by atoms with E-state index < -0.39 is 39.3 Å². The summed E-state index contributed by atoms with van der Waals surface area (Å²) in [6.07, 6.45) is 6.02. The predicted molar refractivity (Wildman–Crippen MR) is 128 cm³/mol. The second-order valence-corrected chi connectivity index (χ2v) is 13.1. The van der Waals surface area contributed by atoms with Crippen molar-refractivity contribution in [1.29, 1.82) is 0 Å². The number of ketones is 3. The number of carbonyl (C=O) groups excluding carboxylic acids is 3. The third-order valence-corrected chi connectivity index (χ3v) is 11.6. The van der Waals surface area contributed by atoms with Crippen molar-refractivity contribution in [3.63, 3.8) is 0 Å². The number of hydrogen-bond acceptors (Lipinski definition) is 6. The molecule has 0 radical (unpaired) electrons. The van der Waals surface area contributed by atoms with E-state index in [2.05, 4.69) is 6.92 Å². The summed E-state index contributed by atoms with van der Waals surface area (Å²) in [4.78, 5) is 39.9. The van der Waals surface area contributed by atoms with Gasteiger partial charge in [0.15, 0.2) is 23.1 Å². The van der Waals surface area contributed by atoms with Gasteiger partial charge >= 0.3 is 0 Å². The molecule has 188 valence electrons. The summed E-state index contributed by atoms with van der Waals surface area (Å²) in [7, 11) is 0. The molecule has 1 saturated carbocycles. The normalized spacial score (nSPS) is 51.9. The van der Waals surface area contributed by atoms with Crippen LogP contribution in [0.25, 0.3) is 0 Å². The van der Waals surface area contributed by atoms with Gasteiger partial charge in [-0.15, -0.1) is 0 Å². The Morgan fingerprint density at radius 2 is 1.54 bits per heavy atom. The number of ether oxygens (including phenoxy) is 2. The Labute approximate surface area is 206 Å². The fourth-order valence-electron chi connectivity index (χ4n) is 8.62. The minimum atomic E-state index is -1.29. The highest BCUT2D eigenvalue weighted by atomic mass is 16.7. The maximum atomic E-state index is 14.2. The quantitative estimate of drug-likeness (QED) is 0.563. The number of aliphatic hydroxyl groups is 1. The minimum absolute atomic E-state index is 0.00188. The number of carbonyl (C=O) groups is 3. The molecule has 0 amide bonds.